The van der Waals surface area contributed by atoms with Gasteiger partial charge in [0.25, 0.3) is 11.5 Å². The zero-order chi connectivity index (χ0) is 17.9. The van der Waals surface area contributed by atoms with Gasteiger partial charge in [-0.2, -0.15) is 0 Å². The number of carbonyl (C=O) groups excluding carboxylic acids is 1. The van der Waals surface area contributed by atoms with Crippen LogP contribution in [-0.4, -0.2) is 35.5 Å². The van der Waals surface area contributed by atoms with Gasteiger partial charge < -0.3 is 15.2 Å². The zero-order valence-electron chi connectivity index (χ0n) is 14.1. The molecule has 4 rings (SSSR count). The summed E-state index contributed by atoms with van der Waals surface area (Å²) in [6.45, 7) is 2.13. The van der Waals surface area contributed by atoms with E-state index in [2.05, 4.69) is 32.3 Å². The third-order valence-electron chi connectivity index (χ3n) is 4.45. The Labute approximate surface area is 154 Å². The smallest absolute Gasteiger partial charge is 0.264 e. The first kappa shape index (κ1) is 16.5. The van der Waals surface area contributed by atoms with E-state index in [9.17, 15) is 9.59 Å². The van der Waals surface area contributed by atoms with Crippen LogP contribution in [0.3, 0.4) is 0 Å². The van der Waals surface area contributed by atoms with Gasteiger partial charge in [-0.15, -0.1) is 11.3 Å². The van der Waals surface area contributed by atoms with Crippen LogP contribution in [0.4, 0.5) is 5.69 Å². The number of para-hydroxylation sites is 1. The van der Waals surface area contributed by atoms with E-state index in [0.717, 1.165) is 17.8 Å². The third-order valence-corrected chi connectivity index (χ3v) is 5.33. The summed E-state index contributed by atoms with van der Waals surface area (Å²) in [4.78, 5) is 34.5. The maximum Gasteiger partial charge on any atom is 0.264 e. The fourth-order valence-corrected chi connectivity index (χ4v) is 3.81. The molecule has 1 aliphatic heterocycles. The fourth-order valence-electron chi connectivity index (χ4n) is 3.13. The maximum absolute atomic E-state index is 12.3. The number of amides is 1. The minimum Gasteiger partial charge on any atom is -0.369 e. The molecule has 0 spiro atoms. The molecule has 0 aliphatic carbocycles. The Hall–Kier alpha value is -2.93. The zero-order valence-corrected chi connectivity index (χ0v) is 14.9. The van der Waals surface area contributed by atoms with E-state index in [0.29, 0.717) is 18.9 Å². The topological polar surface area (TPSA) is 78.1 Å². The Morgan fingerprint density at radius 3 is 2.96 bits per heavy atom. The summed E-state index contributed by atoms with van der Waals surface area (Å²) in [5, 5.41) is 4.72. The number of aromatic nitrogens is 2. The number of carbonyl (C=O) groups is 1. The van der Waals surface area contributed by atoms with Gasteiger partial charge in [-0.3, -0.25) is 9.59 Å². The first-order chi connectivity index (χ1) is 12.7. The van der Waals surface area contributed by atoms with Gasteiger partial charge >= 0.3 is 0 Å². The van der Waals surface area contributed by atoms with Crippen molar-refractivity contribution in [3.8, 4) is 10.7 Å². The van der Waals surface area contributed by atoms with E-state index >= 15 is 0 Å². The van der Waals surface area contributed by atoms with Crippen LogP contribution in [0.15, 0.2) is 52.8 Å². The molecule has 1 amide bonds. The molecule has 6 nitrogen and oxygen atoms in total. The lowest BCUT2D eigenvalue weighted by atomic mass is 10.2. The van der Waals surface area contributed by atoms with Gasteiger partial charge in [0.05, 0.1) is 4.88 Å². The minimum atomic E-state index is -0.424. The molecule has 3 aromatic rings. The van der Waals surface area contributed by atoms with E-state index in [1.165, 1.54) is 28.8 Å². The number of anilines is 1. The molecule has 0 saturated carbocycles. The number of H-pyrrole nitrogens is 1. The molecule has 0 saturated heterocycles. The first-order valence-corrected chi connectivity index (χ1v) is 9.34. The Balaban J connectivity index is 1.38. The quantitative estimate of drug-likeness (QED) is 0.726. The van der Waals surface area contributed by atoms with Gasteiger partial charge in [0, 0.05) is 31.5 Å². The number of fused-ring (bicyclic) bond motifs is 1. The van der Waals surface area contributed by atoms with Crippen LogP contribution in [0, 0.1) is 0 Å². The predicted molar refractivity (Wildman–Crippen MR) is 103 cm³/mol. The van der Waals surface area contributed by atoms with Gasteiger partial charge in [0.2, 0.25) is 0 Å². The number of thiophene rings is 1. The van der Waals surface area contributed by atoms with E-state index in [-0.39, 0.29) is 5.56 Å². The van der Waals surface area contributed by atoms with Gasteiger partial charge in [-0.25, -0.2) is 4.98 Å². The average molecular weight is 366 g/mol. The molecule has 3 heterocycles. The molecular weight excluding hydrogens is 348 g/mol. The van der Waals surface area contributed by atoms with Crippen LogP contribution in [0.25, 0.3) is 10.7 Å². The number of hydrogen-bond acceptors (Lipinski definition) is 5. The molecule has 0 unspecified atom stereocenters. The van der Waals surface area contributed by atoms with Gasteiger partial charge in [-0.1, -0.05) is 24.3 Å². The fraction of sp³-hybridized carbons (Fsp3) is 0.211. The summed E-state index contributed by atoms with van der Waals surface area (Å²) >= 11 is 1.48. The standard InChI is InChI=1S/C19H18N4O2S/c24-18(14-12-21-17(22-19(14)25)16-6-3-11-26-16)20-8-10-23-9-7-13-4-1-2-5-15(13)23/h1-6,11-12H,7-10H2,(H,20,24)(H,21,22,25). The molecule has 7 heteroatoms. The summed E-state index contributed by atoms with van der Waals surface area (Å²) in [5.74, 6) is 0.0826. The molecule has 2 aromatic heterocycles. The molecular formula is C19H18N4O2S. The molecule has 0 atom stereocenters. The lowest BCUT2D eigenvalue weighted by molar-refractivity contribution is 0.0953. The van der Waals surface area contributed by atoms with Crippen LogP contribution in [0.2, 0.25) is 0 Å². The van der Waals surface area contributed by atoms with Crippen molar-refractivity contribution in [3.05, 3.63) is 69.5 Å². The highest BCUT2D eigenvalue weighted by Crippen LogP contribution is 2.26. The highest BCUT2D eigenvalue weighted by Gasteiger charge is 2.18. The van der Waals surface area contributed by atoms with Crippen molar-refractivity contribution in [2.24, 2.45) is 0 Å². The number of benzene rings is 1. The van der Waals surface area contributed by atoms with Gasteiger partial charge in [0.15, 0.2) is 0 Å². The van der Waals surface area contributed by atoms with Crippen LogP contribution in [0.1, 0.15) is 15.9 Å². The van der Waals surface area contributed by atoms with Crippen molar-refractivity contribution in [2.45, 2.75) is 6.42 Å². The molecule has 26 heavy (non-hydrogen) atoms. The second-order valence-corrected chi connectivity index (χ2v) is 7.02. The monoisotopic (exact) mass is 366 g/mol. The molecule has 0 bridgehead atoms. The van der Waals surface area contributed by atoms with Crippen molar-refractivity contribution >= 4 is 22.9 Å². The number of nitrogens with one attached hydrogen (secondary N) is 2. The van der Waals surface area contributed by atoms with Crippen LogP contribution in [-0.2, 0) is 6.42 Å². The van der Waals surface area contributed by atoms with Gasteiger partial charge in [0.1, 0.15) is 11.4 Å². The van der Waals surface area contributed by atoms with E-state index in [1.54, 1.807) is 0 Å². The minimum absolute atomic E-state index is 0.0344. The Bertz CT molecular complexity index is 981. The lowest BCUT2D eigenvalue weighted by Gasteiger charge is -2.19. The van der Waals surface area contributed by atoms with E-state index in [4.69, 9.17) is 0 Å². The summed E-state index contributed by atoms with van der Waals surface area (Å²) in [7, 11) is 0. The lowest BCUT2D eigenvalue weighted by Crippen LogP contribution is -2.36. The number of nitrogens with zero attached hydrogens (tertiary/aromatic N) is 2. The highest BCUT2D eigenvalue weighted by molar-refractivity contribution is 7.13. The Morgan fingerprint density at radius 2 is 2.15 bits per heavy atom. The SMILES string of the molecule is O=C(NCCN1CCc2ccccc21)c1cnc(-c2cccs2)[nH]c1=O. The third kappa shape index (κ3) is 3.25. The van der Waals surface area contributed by atoms with Gasteiger partial charge in [-0.05, 0) is 29.5 Å². The number of rotatable bonds is 5. The summed E-state index contributed by atoms with van der Waals surface area (Å²) in [6, 6.07) is 12.1. The van der Waals surface area contributed by atoms with E-state index in [1.807, 2.05) is 29.6 Å². The van der Waals surface area contributed by atoms with Crippen molar-refractivity contribution in [1.29, 1.82) is 0 Å². The summed E-state index contributed by atoms with van der Waals surface area (Å²) < 4.78 is 0. The van der Waals surface area contributed by atoms with Crippen LogP contribution < -0.4 is 15.8 Å². The number of hydrogen-bond donors (Lipinski definition) is 2. The first-order valence-electron chi connectivity index (χ1n) is 8.46. The Morgan fingerprint density at radius 1 is 1.27 bits per heavy atom. The second kappa shape index (κ2) is 7.13. The van der Waals surface area contributed by atoms with Crippen LogP contribution in [0.5, 0.6) is 0 Å². The normalized spacial score (nSPS) is 12.8. The van der Waals surface area contributed by atoms with Crippen LogP contribution >= 0.6 is 11.3 Å². The molecule has 132 valence electrons. The molecule has 2 N–H and O–H groups in total. The van der Waals surface area contributed by atoms with Crippen molar-refractivity contribution in [3.63, 3.8) is 0 Å². The molecule has 0 radical (unpaired) electrons. The second-order valence-electron chi connectivity index (χ2n) is 6.07. The predicted octanol–water partition coefficient (Wildman–Crippen LogP) is 2.29. The van der Waals surface area contributed by atoms with Crippen molar-refractivity contribution < 1.29 is 4.79 Å². The molecule has 0 fully saturated rings. The summed E-state index contributed by atoms with van der Waals surface area (Å²) in [6.07, 6.45) is 2.37. The Kier molecular flexibility index (Phi) is 4.53. The van der Waals surface area contributed by atoms with E-state index < -0.39 is 11.5 Å². The molecule has 1 aliphatic rings. The highest BCUT2D eigenvalue weighted by atomic mass is 32.1. The summed E-state index contributed by atoms with van der Waals surface area (Å²) in [5.41, 5.74) is 2.17. The largest absolute Gasteiger partial charge is 0.369 e. The van der Waals surface area contributed by atoms with Crippen molar-refractivity contribution in [1.82, 2.24) is 15.3 Å². The number of aromatic amines is 1. The van der Waals surface area contributed by atoms with Crippen molar-refractivity contribution in [2.75, 3.05) is 24.5 Å². The average Bonchev–Trinajstić information content (AvgIpc) is 3.32. The maximum atomic E-state index is 12.3. The molecule has 1 aromatic carbocycles.